The summed E-state index contributed by atoms with van der Waals surface area (Å²) in [5.74, 6) is -1.93. The summed E-state index contributed by atoms with van der Waals surface area (Å²) in [7, 11) is 0. The van der Waals surface area contributed by atoms with E-state index in [1.165, 1.54) is 12.3 Å². The molecule has 0 aliphatic heterocycles. The highest BCUT2D eigenvalue weighted by molar-refractivity contribution is 5.80. The Bertz CT molecular complexity index is 816. The molecule has 144 valence electrons. The predicted molar refractivity (Wildman–Crippen MR) is 91.5 cm³/mol. The van der Waals surface area contributed by atoms with Crippen LogP contribution in [0, 0.1) is 11.6 Å². The Morgan fingerprint density at radius 2 is 2.04 bits per heavy atom. The van der Waals surface area contributed by atoms with Crippen LogP contribution in [-0.4, -0.2) is 29.5 Å². The molecule has 1 heterocycles. The van der Waals surface area contributed by atoms with Gasteiger partial charge in [-0.15, -0.1) is 0 Å². The lowest BCUT2D eigenvalue weighted by Gasteiger charge is -2.11. The van der Waals surface area contributed by atoms with E-state index < -0.39 is 17.6 Å². The first kappa shape index (κ1) is 19.0. The van der Waals surface area contributed by atoms with Gasteiger partial charge in [-0.3, -0.25) is 9.59 Å². The van der Waals surface area contributed by atoms with Crippen LogP contribution in [0.1, 0.15) is 38.0 Å². The number of aryl methyl sites for hydroxylation is 1. The average molecular weight is 378 g/mol. The molecular weight excluding hydrogens is 358 g/mol. The number of hydrogen-bond acceptors (Lipinski definition) is 5. The van der Waals surface area contributed by atoms with Gasteiger partial charge in [0.05, 0.1) is 18.2 Å². The summed E-state index contributed by atoms with van der Waals surface area (Å²) in [5, 5.41) is 2.83. The van der Waals surface area contributed by atoms with Crippen molar-refractivity contribution in [3.63, 3.8) is 0 Å². The highest BCUT2D eigenvalue weighted by Gasteiger charge is 2.18. The van der Waals surface area contributed by atoms with Crippen molar-refractivity contribution in [1.29, 1.82) is 0 Å². The molecule has 0 atom stereocenters. The Morgan fingerprint density at radius 1 is 1.26 bits per heavy atom. The monoisotopic (exact) mass is 378 g/mol. The first-order valence-corrected chi connectivity index (χ1v) is 8.86. The Labute approximate surface area is 154 Å². The standard InChI is InChI=1S/C19H20F2N2O4/c20-12-5-6-14(15(21)9-12)16-10-22-18(27-16)7-8-19(25)26-11-17(24)23-13-3-1-2-4-13/h5-6,9-10,13H,1-4,7-8,11H2,(H,23,24). The number of esters is 1. The lowest BCUT2D eigenvalue weighted by molar-refractivity contribution is -0.148. The SMILES string of the molecule is O=C(COC(=O)CCc1ncc(-c2ccc(F)cc2F)o1)NC1CCCC1. The van der Waals surface area contributed by atoms with Crippen molar-refractivity contribution in [3.05, 3.63) is 41.9 Å². The zero-order valence-electron chi connectivity index (χ0n) is 14.7. The van der Waals surface area contributed by atoms with Gasteiger partial charge >= 0.3 is 5.97 Å². The molecule has 1 aromatic carbocycles. The van der Waals surface area contributed by atoms with Crippen molar-refractivity contribution < 1.29 is 27.5 Å². The number of aromatic nitrogens is 1. The molecule has 1 aliphatic rings. The number of nitrogens with one attached hydrogen (secondary N) is 1. The van der Waals surface area contributed by atoms with E-state index in [0.29, 0.717) is 0 Å². The van der Waals surface area contributed by atoms with Crippen LogP contribution in [0.15, 0.2) is 28.8 Å². The molecule has 2 aromatic rings. The normalized spacial score (nSPS) is 14.3. The molecule has 0 radical (unpaired) electrons. The van der Waals surface area contributed by atoms with Crippen LogP contribution < -0.4 is 5.32 Å². The molecular formula is C19H20F2N2O4. The molecule has 1 aromatic heterocycles. The Balaban J connectivity index is 1.44. The van der Waals surface area contributed by atoms with Crippen molar-refractivity contribution in [2.45, 2.75) is 44.6 Å². The van der Waals surface area contributed by atoms with Gasteiger partial charge in [-0.25, -0.2) is 13.8 Å². The van der Waals surface area contributed by atoms with E-state index in [9.17, 15) is 18.4 Å². The second-order valence-corrected chi connectivity index (χ2v) is 6.45. The zero-order valence-corrected chi connectivity index (χ0v) is 14.7. The number of rotatable bonds is 7. The van der Waals surface area contributed by atoms with Gasteiger partial charge in [0, 0.05) is 18.5 Å². The fourth-order valence-electron chi connectivity index (χ4n) is 3.01. The number of oxazole rings is 1. The van der Waals surface area contributed by atoms with Crippen molar-refractivity contribution in [3.8, 4) is 11.3 Å². The summed E-state index contributed by atoms with van der Waals surface area (Å²) in [6, 6.07) is 3.31. The molecule has 0 spiro atoms. The Kier molecular flexibility index (Phi) is 6.16. The van der Waals surface area contributed by atoms with Crippen LogP contribution in [0.4, 0.5) is 8.78 Å². The third-order valence-electron chi connectivity index (χ3n) is 4.38. The molecule has 0 bridgehead atoms. The largest absolute Gasteiger partial charge is 0.456 e. The molecule has 1 fully saturated rings. The van der Waals surface area contributed by atoms with E-state index >= 15 is 0 Å². The number of nitrogens with zero attached hydrogens (tertiary/aromatic N) is 1. The quantitative estimate of drug-likeness (QED) is 0.749. The van der Waals surface area contributed by atoms with Gasteiger partial charge in [-0.2, -0.15) is 0 Å². The van der Waals surface area contributed by atoms with Crippen molar-refractivity contribution in [2.75, 3.05) is 6.61 Å². The summed E-state index contributed by atoms with van der Waals surface area (Å²) in [5.41, 5.74) is 0.0845. The number of hydrogen-bond donors (Lipinski definition) is 1. The van der Waals surface area contributed by atoms with E-state index in [0.717, 1.165) is 37.8 Å². The van der Waals surface area contributed by atoms with Gasteiger partial charge in [0.25, 0.3) is 5.91 Å². The maximum absolute atomic E-state index is 13.7. The van der Waals surface area contributed by atoms with Crippen LogP contribution in [0.3, 0.4) is 0 Å². The molecule has 1 saturated carbocycles. The number of carbonyl (C=O) groups excluding carboxylic acids is 2. The summed E-state index contributed by atoms with van der Waals surface area (Å²) >= 11 is 0. The molecule has 0 unspecified atom stereocenters. The molecule has 1 N–H and O–H groups in total. The van der Waals surface area contributed by atoms with Gasteiger partial charge in [0.1, 0.15) is 11.6 Å². The first-order valence-electron chi connectivity index (χ1n) is 8.86. The average Bonchev–Trinajstić information content (AvgIpc) is 3.30. The Morgan fingerprint density at radius 3 is 2.78 bits per heavy atom. The number of amides is 1. The van der Waals surface area contributed by atoms with E-state index in [4.69, 9.17) is 9.15 Å². The van der Waals surface area contributed by atoms with Crippen LogP contribution in [0.25, 0.3) is 11.3 Å². The summed E-state index contributed by atoms with van der Waals surface area (Å²) < 4.78 is 37.0. The highest BCUT2D eigenvalue weighted by atomic mass is 19.1. The predicted octanol–water partition coefficient (Wildman–Crippen LogP) is 3.15. The van der Waals surface area contributed by atoms with Crippen molar-refractivity contribution in [1.82, 2.24) is 10.3 Å². The third kappa shape index (κ3) is 5.35. The minimum absolute atomic E-state index is 0.0252. The van der Waals surface area contributed by atoms with Crippen LogP contribution in [0.2, 0.25) is 0 Å². The molecule has 0 saturated heterocycles. The Hall–Kier alpha value is -2.77. The minimum atomic E-state index is -0.759. The molecule has 27 heavy (non-hydrogen) atoms. The molecule has 6 nitrogen and oxygen atoms in total. The molecule has 1 amide bonds. The van der Waals surface area contributed by atoms with Gasteiger partial charge in [0.15, 0.2) is 18.3 Å². The van der Waals surface area contributed by atoms with E-state index in [-0.39, 0.29) is 48.6 Å². The third-order valence-corrected chi connectivity index (χ3v) is 4.38. The van der Waals surface area contributed by atoms with Gasteiger partial charge in [-0.1, -0.05) is 12.8 Å². The van der Waals surface area contributed by atoms with Crippen molar-refractivity contribution >= 4 is 11.9 Å². The lowest BCUT2D eigenvalue weighted by Crippen LogP contribution is -2.35. The van der Waals surface area contributed by atoms with Gasteiger partial charge in [0.2, 0.25) is 0 Å². The van der Waals surface area contributed by atoms with Gasteiger partial charge in [-0.05, 0) is 25.0 Å². The van der Waals surface area contributed by atoms with E-state index in [2.05, 4.69) is 10.3 Å². The maximum atomic E-state index is 13.7. The smallest absolute Gasteiger partial charge is 0.306 e. The minimum Gasteiger partial charge on any atom is -0.456 e. The summed E-state index contributed by atoms with van der Waals surface area (Å²) in [6.45, 7) is -0.313. The second-order valence-electron chi connectivity index (χ2n) is 6.45. The topological polar surface area (TPSA) is 81.4 Å². The first-order chi connectivity index (χ1) is 13.0. The zero-order chi connectivity index (χ0) is 19.2. The van der Waals surface area contributed by atoms with Crippen LogP contribution in [0.5, 0.6) is 0 Å². The molecule has 1 aliphatic carbocycles. The van der Waals surface area contributed by atoms with Crippen LogP contribution >= 0.6 is 0 Å². The number of halogens is 2. The molecule has 3 rings (SSSR count). The summed E-state index contributed by atoms with van der Waals surface area (Å²) in [6.07, 6.45) is 5.55. The van der Waals surface area contributed by atoms with Crippen molar-refractivity contribution in [2.24, 2.45) is 0 Å². The van der Waals surface area contributed by atoms with Gasteiger partial charge < -0.3 is 14.5 Å². The fraction of sp³-hybridized carbons (Fsp3) is 0.421. The maximum Gasteiger partial charge on any atom is 0.306 e. The van der Waals surface area contributed by atoms with E-state index in [1.807, 2.05) is 0 Å². The highest BCUT2D eigenvalue weighted by Crippen LogP contribution is 2.24. The molecule has 8 heteroatoms. The van der Waals surface area contributed by atoms with E-state index in [1.54, 1.807) is 0 Å². The number of ether oxygens (including phenoxy) is 1. The number of carbonyl (C=O) groups is 2. The second kappa shape index (κ2) is 8.75. The fourth-order valence-corrected chi connectivity index (χ4v) is 3.01. The number of benzene rings is 1. The lowest BCUT2D eigenvalue weighted by atomic mass is 10.2. The van der Waals surface area contributed by atoms with Crippen LogP contribution in [-0.2, 0) is 20.7 Å². The summed E-state index contributed by atoms with van der Waals surface area (Å²) in [4.78, 5) is 27.4.